The summed E-state index contributed by atoms with van der Waals surface area (Å²) in [5.74, 6) is -1.01. The Bertz CT molecular complexity index is 1120. The van der Waals surface area contributed by atoms with Gasteiger partial charge in [0.25, 0.3) is 0 Å². The van der Waals surface area contributed by atoms with E-state index in [1.807, 2.05) is 26.8 Å². The third-order valence-corrected chi connectivity index (χ3v) is 9.04. The molecule has 0 radical (unpaired) electrons. The van der Waals surface area contributed by atoms with Gasteiger partial charge in [-0.25, -0.2) is 9.18 Å². The summed E-state index contributed by atoms with van der Waals surface area (Å²) in [5, 5.41) is 9.87. The monoisotopic (exact) mass is 554 g/mol. The summed E-state index contributed by atoms with van der Waals surface area (Å²) in [6, 6.07) is 7.51. The molecule has 1 saturated carbocycles. The molecule has 3 saturated heterocycles. The highest BCUT2D eigenvalue weighted by Crippen LogP contribution is 2.44. The predicted octanol–water partition coefficient (Wildman–Crippen LogP) is 4.56. The van der Waals surface area contributed by atoms with Gasteiger partial charge in [-0.3, -0.25) is 14.6 Å². The molecule has 40 heavy (non-hydrogen) atoms. The number of ether oxygens (including phenoxy) is 2. The van der Waals surface area contributed by atoms with Crippen molar-refractivity contribution in [1.29, 1.82) is 5.26 Å². The summed E-state index contributed by atoms with van der Waals surface area (Å²) in [7, 11) is 0. The second kappa shape index (κ2) is 12.0. The number of hydrogen-bond acceptors (Lipinski definition) is 7. The van der Waals surface area contributed by atoms with Crippen LogP contribution in [0.3, 0.4) is 0 Å². The largest absolute Gasteiger partial charge is 0.444 e. The van der Waals surface area contributed by atoms with Crippen LogP contribution >= 0.6 is 0 Å². The molecule has 1 aromatic carbocycles. The third kappa shape index (κ3) is 6.44. The highest BCUT2D eigenvalue weighted by molar-refractivity contribution is 5.89. The Labute approximate surface area is 237 Å². The van der Waals surface area contributed by atoms with Crippen molar-refractivity contribution in [3.8, 4) is 6.07 Å². The normalized spacial score (nSPS) is 26.5. The van der Waals surface area contributed by atoms with E-state index in [9.17, 15) is 14.9 Å². The number of ketones is 1. The number of anilines is 1. The first-order valence-electron chi connectivity index (χ1n) is 14.9. The molecule has 3 heterocycles. The van der Waals surface area contributed by atoms with Crippen LogP contribution in [0.25, 0.3) is 0 Å². The summed E-state index contributed by atoms with van der Waals surface area (Å²) < 4.78 is 26.3. The lowest BCUT2D eigenvalue weighted by Crippen LogP contribution is -2.51. The molecule has 0 spiro atoms. The molecule has 4 atom stereocenters. The fourth-order valence-electron chi connectivity index (χ4n) is 7.07. The number of piperidine rings is 1. The van der Waals surface area contributed by atoms with E-state index < -0.39 is 23.7 Å². The number of piperazine rings is 1. The average Bonchev–Trinajstić information content (AvgIpc) is 3.55. The Morgan fingerprint density at radius 2 is 1.82 bits per heavy atom. The van der Waals surface area contributed by atoms with Crippen LogP contribution in [-0.4, -0.2) is 84.8 Å². The molecule has 2 bridgehead atoms. The van der Waals surface area contributed by atoms with Gasteiger partial charge in [-0.15, -0.1) is 0 Å². The van der Waals surface area contributed by atoms with Crippen molar-refractivity contribution in [1.82, 2.24) is 9.80 Å². The fourth-order valence-corrected chi connectivity index (χ4v) is 7.07. The van der Waals surface area contributed by atoms with E-state index in [1.54, 1.807) is 17.0 Å². The first-order valence-corrected chi connectivity index (χ1v) is 14.9. The molecule has 4 aliphatic rings. The highest BCUT2D eigenvalue weighted by atomic mass is 19.1. The van der Waals surface area contributed by atoms with Gasteiger partial charge in [-0.2, -0.15) is 5.26 Å². The van der Waals surface area contributed by atoms with Gasteiger partial charge in [0, 0.05) is 63.6 Å². The summed E-state index contributed by atoms with van der Waals surface area (Å²) >= 11 is 0. The zero-order valence-electron chi connectivity index (χ0n) is 24.1. The number of carbonyl (C=O) groups is 2. The molecule has 0 N–H and O–H groups in total. The molecule has 3 aliphatic heterocycles. The standard InChI is InChI=1S/C31H43FN4O4/c1-31(2,3)40-30(38)36-26-7-5-23(18-26)29(36)28(37)17-21(20-33)16-22-4-6-25(19-27(22)32)35-12-10-34(11-13-35)24-8-14-39-15-9-24/h4,6,19,21,23-24,26,29H,5,7-18H2,1-3H3/t21-,23+,26-,29+/m1/s1. The van der Waals surface area contributed by atoms with Crippen LogP contribution in [0.15, 0.2) is 18.2 Å². The van der Waals surface area contributed by atoms with E-state index in [0.717, 1.165) is 77.2 Å². The van der Waals surface area contributed by atoms with Crippen LogP contribution in [0.4, 0.5) is 14.9 Å². The summed E-state index contributed by atoms with van der Waals surface area (Å²) in [5.41, 5.74) is 0.650. The van der Waals surface area contributed by atoms with Crippen molar-refractivity contribution in [2.45, 2.75) is 89.4 Å². The number of hydrogen-bond donors (Lipinski definition) is 0. The van der Waals surface area contributed by atoms with E-state index in [4.69, 9.17) is 9.47 Å². The van der Waals surface area contributed by atoms with Crippen LogP contribution in [0.1, 0.15) is 64.9 Å². The molecule has 8 nitrogen and oxygen atoms in total. The van der Waals surface area contributed by atoms with Gasteiger partial charge in [0.15, 0.2) is 5.78 Å². The maximum atomic E-state index is 15.2. The minimum absolute atomic E-state index is 0.000950. The first kappa shape index (κ1) is 28.8. The summed E-state index contributed by atoms with van der Waals surface area (Å²) in [6.45, 7) is 10.7. The lowest BCUT2D eigenvalue weighted by Gasteiger charge is -2.41. The summed E-state index contributed by atoms with van der Waals surface area (Å²) in [6.07, 6.45) is 4.43. The van der Waals surface area contributed by atoms with Crippen molar-refractivity contribution >= 4 is 17.6 Å². The molecular formula is C31H43FN4O4. The van der Waals surface area contributed by atoms with Crippen LogP contribution in [-0.2, 0) is 20.7 Å². The van der Waals surface area contributed by atoms with Gasteiger partial charge in [0.2, 0.25) is 0 Å². The van der Waals surface area contributed by atoms with Crippen LogP contribution in [0.2, 0.25) is 0 Å². The Morgan fingerprint density at radius 3 is 2.48 bits per heavy atom. The Balaban J connectivity index is 1.18. The van der Waals surface area contributed by atoms with Crippen molar-refractivity contribution in [3.63, 3.8) is 0 Å². The van der Waals surface area contributed by atoms with E-state index >= 15 is 4.39 Å². The molecule has 9 heteroatoms. The lowest BCUT2D eigenvalue weighted by molar-refractivity contribution is -0.126. The number of fused-ring (bicyclic) bond motifs is 2. The van der Waals surface area contributed by atoms with Crippen LogP contribution in [0.5, 0.6) is 0 Å². The Kier molecular flexibility index (Phi) is 8.67. The van der Waals surface area contributed by atoms with E-state index in [2.05, 4.69) is 15.9 Å². The van der Waals surface area contributed by atoms with Crippen LogP contribution < -0.4 is 4.90 Å². The smallest absolute Gasteiger partial charge is 0.411 e. The minimum Gasteiger partial charge on any atom is -0.444 e. The third-order valence-electron chi connectivity index (χ3n) is 9.04. The van der Waals surface area contributed by atoms with Crippen molar-refractivity contribution in [3.05, 3.63) is 29.6 Å². The molecule has 5 rings (SSSR count). The van der Waals surface area contributed by atoms with Gasteiger partial charge >= 0.3 is 6.09 Å². The SMILES string of the molecule is CC(C)(C)OC(=O)N1[C@@H]2CC[C@@H](C2)[C@H]1C(=O)C[C@H](C#N)Cc1ccc(N2CCN(C3CCOCC3)CC2)cc1F. The second-order valence-electron chi connectivity index (χ2n) is 12.9. The maximum absolute atomic E-state index is 15.2. The number of benzene rings is 1. The number of nitriles is 1. The molecule has 1 amide bonds. The molecule has 0 unspecified atom stereocenters. The molecular weight excluding hydrogens is 511 g/mol. The average molecular weight is 555 g/mol. The number of halogens is 1. The lowest BCUT2D eigenvalue weighted by atomic mass is 9.88. The van der Waals surface area contributed by atoms with Gasteiger partial charge in [-0.05, 0) is 82.9 Å². The molecule has 218 valence electrons. The van der Waals surface area contributed by atoms with Gasteiger partial charge < -0.3 is 14.4 Å². The molecule has 1 aliphatic carbocycles. The van der Waals surface area contributed by atoms with Gasteiger partial charge in [0.1, 0.15) is 11.4 Å². The first-order chi connectivity index (χ1) is 19.1. The number of rotatable bonds is 7. The van der Waals surface area contributed by atoms with Gasteiger partial charge in [-0.1, -0.05) is 6.07 Å². The molecule has 1 aromatic rings. The topological polar surface area (TPSA) is 86.1 Å². The molecule has 0 aromatic heterocycles. The minimum atomic E-state index is -0.657. The van der Waals surface area contributed by atoms with Crippen molar-refractivity contribution in [2.24, 2.45) is 11.8 Å². The number of carbonyl (C=O) groups excluding carboxylic acids is 2. The summed E-state index contributed by atoms with van der Waals surface area (Å²) in [4.78, 5) is 32.8. The van der Waals surface area contributed by atoms with E-state index in [-0.39, 0.29) is 36.4 Å². The van der Waals surface area contributed by atoms with E-state index in [1.165, 1.54) is 0 Å². The predicted molar refractivity (Wildman–Crippen MR) is 149 cm³/mol. The number of Topliss-reactive ketones (excluding diaryl/α,β-unsaturated/α-hetero) is 1. The second-order valence-corrected chi connectivity index (χ2v) is 12.9. The number of likely N-dealkylation sites (tertiary alicyclic amines) is 1. The molecule has 4 fully saturated rings. The van der Waals surface area contributed by atoms with E-state index in [0.29, 0.717) is 11.6 Å². The quantitative estimate of drug-likeness (QED) is 0.489. The van der Waals surface area contributed by atoms with Crippen LogP contribution in [0, 0.1) is 29.0 Å². The van der Waals surface area contributed by atoms with Crippen molar-refractivity contribution in [2.75, 3.05) is 44.3 Å². The Hall–Kier alpha value is -2.70. The maximum Gasteiger partial charge on any atom is 0.411 e. The zero-order valence-corrected chi connectivity index (χ0v) is 24.1. The Morgan fingerprint density at radius 1 is 1.10 bits per heavy atom. The number of nitrogens with zero attached hydrogens (tertiary/aromatic N) is 4. The number of amides is 1. The zero-order chi connectivity index (χ0) is 28.4. The fraction of sp³-hybridized carbons (Fsp3) is 0.710. The highest BCUT2D eigenvalue weighted by Gasteiger charge is 2.52. The van der Waals surface area contributed by atoms with Crippen molar-refractivity contribution < 1.29 is 23.5 Å². The van der Waals surface area contributed by atoms with Gasteiger partial charge in [0.05, 0.1) is 18.0 Å².